The molecule has 0 spiro atoms. The molecule has 0 aliphatic carbocycles. The highest BCUT2D eigenvalue weighted by atomic mass is 32.1. The number of halogens is 10. The number of hydrogen-bond donors (Lipinski definition) is 0. The summed E-state index contributed by atoms with van der Waals surface area (Å²) in [5.74, 6) is -26.4. The Morgan fingerprint density at radius 2 is 0.703 bits per heavy atom. The first-order valence-corrected chi connectivity index (χ1v) is 11.9. The van der Waals surface area contributed by atoms with E-state index in [1.165, 1.54) is 0 Å². The van der Waals surface area contributed by atoms with E-state index in [2.05, 4.69) is 0 Å². The molecule has 190 valence electrons. The molecule has 0 amide bonds. The summed E-state index contributed by atoms with van der Waals surface area (Å²) in [4.78, 5) is 24.4. The number of ketones is 2. The van der Waals surface area contributed by atoms with E-state index in [0.29, 0.717) is 32.1 Å². The highest BCUT2D eigenvalue weighted by Gasteiger charge is 2.33. The van der Waals surface area contributed by atoms with Gasteiger partial charge >= 0.3 is 0 Å². The van der Waals surface area contributed by atoms with Crippen molar-refractivity contribution in [3.05, 3.63) is 91.2 Å². The van der Waals surface area contributed by atoms with Crippen LogP contribution < -0.4 is 0 Å². The predicted molar refractivity (Wildman–Crippen MR) is 114 cm³/mol. The van der Waals surface area contributed by atoms with Crippen molar-refractivity contribution in [1.82, 2.24) is 0 Å². The summed E-state index contributed by atoms with van der Waals surface area (Å²) in [6, 6.07) is 2.23. The van der Waals surface area contributed by atoms with E-state index in [1.807, 2.05) is 0 Å². The Bertz CT molecular complexity index is 1640. The van der Waals surface area contributed by atoms with Gasteiger partial charge in [0.2, 0.25) is 23.2 Å². The maximum atomic E-state index is 14.1. The van der Waals surface area contributed by atoms with E-state index in [-0.39, 0.29) is 9.40 Å². The van der Waals surface area contributed by atoms with Gasteiger partial charge in [0.1, 0.15) is 11.1 Å². The molecule has 2 aromatic carbocycles. The molecule has 0 saturated carbocycles. The van der Waals surface area contributed by atoms with Crippen molar-refractivity contribution < 1.29 is 53.5 Å². The summed E-state index contributed by atoms with van der Waals surface area (Å²) in [5, 5.41) is 0. The van der Waals surface area contributed by atoms with Crippen molar-refractivity contribution >= 4 is 64.4 Å². The fraction of sp³-hybridized carbons (Fsp3) is 0. The van der Waals surface area contributed by atoms with E-state index in [9.17, 15) is 53.5 Å². The van der Waals surface area contributed by atoms with Gasteiger partial charge < -0.3 is 0 Å². The molecule has 5 rings (SSSR count). The van der Waals surface area contributed by atoms with Gasteiger partial charge in [-0.3, -0.25) is 9.59 Å². The van der Waals surface area contributed by atoms with Gasteiger partial charge in [-0.2, -0.15) is 0 Å². The lowest BCUT2D eigenvalue weighted by atomic mass is 10.1. The molecule has 15 heteroatoms. The Balaban J connectivity index is 1.60. The molecule has 0 atom stereocenters. The molecule has 0 N–H and O–H groups in total. The molecular formula is C22H2F10O2S3. The number of thiophene rings is 3. The molecule has 2 nitrogen and oxygen atoms in total. The lowest BCUT2D eigenvalue weighted by molar-refractivity contribution is 0.102. The van der Waals surface area contributed by atoms with Crippen LogP contribution in [0.4, 0.5) is 43.9 Å². The minimum absolute atomic E-state index is 0.216. The second-order valence-electron chi connectivity index (χ2n) is 7.26. The van der Waals surface area contributed by atoms with Crippen molar-refractivity contribution in [2.45, 2.75) is 0 Å². The highest BCUT2D eigenvalue weighted by Crippen LogP contribution is 2.45. The zero-order valence-corrected chi connectivity index (χ0v) is 19.4. The third-order valence-corrected chi connectivity index (χ3v) is 8.92. The van der Waals surface area contributed by atoms with E-state index < -0.39 is 90.6 Å². The van der Waals surface area contributed by atoms with Crippen molar-refractivity contribution in [1.29, 1.82) is 0 Å². The van der Waals surface area contributed by atoms with Crippen LogP contribution in [-0.4, -0.2) is 11.6 Å². The van der Waals surface area contributed by atoms with Crippen LogP contribution in [0.15, 0.2) is 12.1 Å². The molecule has 0 radical (unpaired) electrons. The van der Waals surface area contributed by atoms with E-state index in [0.717, 1.165) is 23.5 Å². The zero-order valence-electron chi connectivity index (χ0n) is 17.0. The topological polar surface area (TPSA) is 34.1 Å². The number of rotatable bonds is 4. The average molecular weight is 584 g/mol. The Labute approximate surface area is 209 Å². The van der Waals surface area contributed by atoms with E-state index in [1.54, 1.807) is 0 Å². The van der Waals surface area contributed by atoms with E-state index in [4.69, 9.17) is 0 Å². The zero-order chi connectivity index (χ0) is 27.1. The predicted octanol–water partition coefficient (Wildman–Crippen LogP) is 8.03. The van der Waals surface area contributed by atoms with Crippen LogP contribution in [0.1, 0.15) is 30.5 Å². The van der Waals surface area contributed by atoms with Crippen LogP contribution >= 0.6 is 34.0 Å². The largest absolute Gasteiger partial charge is 0.287 e. The van der Waals surface area contributed by atoms with Crippen molar-refractivity contribution in [3.8, 4) is 0 Å². The van der Waals surface area contributed by atoms with Gasteiger partial charge in [0.05, 0.1) is 19.2 Å². The molecule has 5 aromatic rings. The fourth-order valence-electron chi connectivity index (χ4n) is 3.41. The van der Waals surface area contributed by atoms with Gasteiger partial charge in [0.25, 0.3) is 0 Å². The molecule has 37 heavy (non-hydrogen) atoms. The standard InChI is InChI=1S/C22H2F10O2S3/c23-9-7(10(24)14(28)17(31)13(9)27)19(33)3-1-5-21(36-3)22-6(35-5)2-4(37-22)20(34)8-11(25)15(29)18(32)16(30)12(8)26/h1-2H. The maximum Gasteiger partial charge on any atom is 0.209 e. The van der Waals surface area contributed by atoms with Crippen LogP contribution in [-0.2, 0) is 0 Å². The van der Waals surface area contributed by atoms with Crippen LogP contribution in [0.2, 0.25) is 0 Å². The maximum absolute atomic E-state index is 14.1. The Morgan fingerprint density at radius 1 is 0.432 bits per heavy atom. The Morgan fingerprint density at radius 3 is 1.00 bits per heavy atom. The molecule has 0 saturated heterocycles. The third-order valence-electron chi connectivity index (χ3n) is 5.14. The normalized spacial score (nSPS) is 11.7. The van der Waals surface area contributed by atoms with Crippen molar-refractivity contribution in [2.75, 3.05) is 0 Å². The second kappa shape index (κ2) is 8.63. The summed E-state index contributed by atoms with van der Waals surface area (Å²) >= 11 is 2.04. The van der Waals surface area contributed by atoms with Gasteiger partial charge in [0, 0.05) is 9.40 Å². The number of carbonyl (C=O) groups is 2. The summed E-state index contributed by atoms with van der Waals surface area (Å²) in [6.07, 6.45) is 0. The first-order valence-electron chi connectivity index (χ1n) is 9.43. The quantitative estimate of drug-likeness (QED) is 0.0928. The van der Waals surface area contributed by atoms with Gasteiger partial charge in [-0.05, 0) is 12.1 Å². The minimum atomic E-state index is -2.44. The Kier molecular flexibility index (Phi) is 5.91. The van der Waals surface area contributed by atoms with Crippen molar-refractivity contribution in [3.63, 3.8) is 0 Å². The molecule has 3 aromatic heterocycles. The van der Waals surface area contributed by atoms with Gasteiger partial charge in [-0.25, -0.2) is 43.9 Å². The summed E-state index contributed by atoms with van der Waals surface area (Å²) < 4.78 is 138. The van der Waals surface area contributed by atoms with Crippen LogP contribution in [0.25, 0.3) is 18.8 Å². The van der Waals surface area contributed by atoms with Crippen LogP contribution in [0, 0.1) is 58.2 Å². The van der Waals surface area contributed by atoms with Gasteiger partial charge in [-0.1, -0.05) is 0 Å². The number of carbonyl (C=O) groups excluding carboxylic acids is 2. The molecule has 0 bridgehead atoms. The first-order chi connectivity index (χ1) is 17.3. The first kappa shape index (κ1) is 25.4. The third kappa shape index (κ3) is 3.59. The average Bonchev–Trinajstić information content (AvgIpc) is 3.55. The monoisotopic (exact) mass is 584 g/mol. The summed E-state index contributed by atoms with van der Waals surface area (Å²) in [7, 11) is 0. The second-order valence-corrected chi connectivity index (χ2v) is 10.4. The number of hydrogen-bond acceptors (Lipinski definition) is 5. The van der Waals surface area contributed by atoms with Gasteiger partial charge in [-0.15, -0.1) is 34.0 Å². The number of benzene rings is 2. The molecule has 3 heterocycles. The minimum Gasteiger partial charge on any atom is -0.287 e. The molecule has 0 fully saturated rings. The highest BCUT2D eigenvalue weighted by molar-refractivity contribution is 7.39. The molecule has 0 unspecified atom stereocenters. The summed E-state index contributed by atoms with van der Waals surface area (Å²) in [6.45, 7) is 0. The lowest BCUT2D eigenvalue weighted by Crippen LogP contribution is -2.12. The van der Waals surface area contributed by atoms with Gasteiger partial charge in [0.15, 0.2) is 46.5 Å². The molecule has 0 aliphatic heterocycles. The van der Waals surface area contributed by atoms with Crippen LogP contribution in [0.5, 0.6) is 0 Å². The van der Waals surface area contributed by atoms with Crippen molar-refractivity contribution in [2.24, 2.45) is 0 Å². The molecule has 0 aliphatic rings. The Hall–Kier alpha value is -3.30. The lowest BCUT2D eigenvalue weighted by Gasteiger charge is -2.06. The summed E-state index contributed by atoms with van der Waals surface area (Å²) in [5.41, 5.74) is -3.34. The van der Waals surface area contributed by atoms with Crippen LogP contribution in [0.3, 0.4) is 0 Å². The SMILES string of the molecule is O=C(c1cc2sc3cc(C(=O)c4c(F)c(F)c(F)c(F)c4F)sc3c2s1)c1c(F)c(F)c(F)c(F)c1F. The fourth-order valence-corrected chi connectivity index (χ4v) is 7.33. The molecular weight excluding hydrogens is 582 g/mol. The number of fused-ring (bicyclic) bond motifs is 3. The van der Waals surface area contributed by atoms with E-state index >= 15 is 0 Å². The smallest absolute Gasteiger partial charge is 0.209 e.